The maximum atomic E-state index is 12.4. The van der Waals surface area contributed by atoms with E-state index in [9.17, 15) is 4.79 Å². The number of anilines is 2. The number of methoxy groups -OCH3 is 1. The zero-order chi connectivity index (χ0) is 28.8. The van der Waals surface area contributed by atoms with Crippen molar-refractivity contribution < 1.29 is 28.3 Å². The second-order valence-corrected chi connectivity index (χ2v) is 10.4. The normalized spacial score (nSPS) is 17.4. The van der Waals surface area contributed by atoms with E-state index in [1.807, 2.05) is 38.1 Å². The topological polar surface area (TPSA) is 124 Å². The average Bonchev–Trinajstić information content (AvgIpc) is 3.43. The molecule has 3 aromatic rings. The maximum Gasteiger partial charge on any atom is 0.317 e. The minimum atomic E-state index is -0.508. The Morgan fingerprint density at radius 1 is 1.17 bits per heavy atom. The lowest BCUT2D eigenvalue weighted by Crippen LogP contribution is -2.58. The van der Waals surface area contributed by atoms with Crippen LogP contribution in [0.1, 0.15) is 32.4 Å². The molecule has 0 aliphatic carbocycles. The van der Waals surface area contributed by atoms with Gasteiger partial charge in [0.05, 0.1) is 24.0 Å². The Morgan fingerprint density at radius 2 is 2.02 bits per heavy atom. The van der Waals surface area contributed by atoms with Gasteiger partial charge in [0.1, 0.15) is 18.3 Å². The summed E-state index contributed by atoms with van der Waals surface area (Å²) in [4.78, 5) is 17.2. The molecule has 2 aromatic heterocycles. The first-order chi connectivity index (χ1) is 20.0. The molecule has 220 valence electrons. The van der Waals surface area contributed by atoms with Crippen LogP contribution in [-0.4, -0.2) is 92.1 Å². The fraction of sp³-hybridized carbons (Fsp3) is 0.517. The molecule has 1 unspecified atom stereocenters. The van der Waals surface area contributed by atoms with Crippen LogP contribution in [0.5, 0.6) is 11.6 Å². The third-order valence-electron chi connectivity index (χ3n) is 7.33. The monoisotopic (exact) mass is 566 g/mol. The fourth-order valence-corrected chi connectivity index (χ4v) is 5.33. The molecular weight excluding hydrogens is 528 g/mol. The molecule has 4 heterocycles. The number of rotatable bonds is 12. The van der Waals surface area contributed by atoms with Crippen molar-refractivity contribution >= 4 is 17.5 Å². The zero-order valence-corrected chi connectivity index (χ0v) is 24.0. The lowest BCUT2D eigenvalue weighted by atomic mass is 9.93. The summed E-state index contributed by atoms with van der Waals surface area (Å²) in [6, 6.07) is 11.8. The third-order valence-corrected chi connectivity index (χ3v) is 7.33. The summed E-state index contributed by atoms with van der Waals surface area (Å²) in [6.07, 6.45) is 0. The Hall–Kier alpha value is -3.90. The number of nitrogens with one attached hydrogen (secondary N) is 1. The van der Waals surface area contributed by atoms with Crippen LogP contribution in [0, 0.1) is 5.92 Å². The fourth-order valence-electron chi connectivity index (χ4n) is 5.33. The predicted octanol–water partition coefficient (Wildman–Crippen LogP) is 3.41. The highest BCUT2D eigenvalue weighted by Gasteiger charge is 2.33. The second kappa shape index (κ2) is 13.2. The number of benzene rings is 1. The van der Waals surface area contributed by atoms with Gasteiger partial charge in [-0.25, -0.2) is 0 Å². The highest BCUT2D eigenvalue weighted by atomic mass is 16.7. The predicted molar refractivity (Wildman–Crippen MR) is 152 cm³/mol. The van der Waals surface area contributed by atoms with E-state index < -0.39 is 5.92 Å². The number of hydrogen-bond donors (Lipinski definition) is 1. The number of fused-ring (bicyclic) bond motifs is 3. The van der Waals surface area contributed by atoms with Crippen molar-refractivity contribution in [3.8, 4) is 22.9 Å². The molecule has 1 saturated heterocycles. The van der Waals surface area contributed by atoms with Gasteiger partial charge in [-0.2, -0.15) is 0 Å². The number of aromatic nitrogens is 3. The molecule has 2 aliphatic rings. The number of carbonyl (C=O) groups excluding carboxylic acids is 1. The van der Waals surface area contributed by atoms with Crippen molar-refractivity contribution in [2.45, 2.75) is 32.7 Å². The summed E-state index contributed by atoms with van der Waals surface area (Å²) in [7, 11) is 1.60. The molecule has 2 atom stereocenters. The van der Waals surface area contributed by atoms with E-state index in [2.05, 4.69) is 36.5 Å². The van der Waals surface area contributed by atoms with Crippen molar-refractivity contribution in [3.05, 3.63) is 42.2 Å². The number of para-hydroxylation sites is 1. The van der Waals surface area contributed by atoms with Crippen molar-refractivity contribution in [2.24, 2.45) is 5.92 Å². The van der Waals surface area contributed by atoms with Crippen LogP contribution >= 0.6 is 0 Å². The summed E-state index contributed by atoms with van der Waals surface area (Å²) in [5.74, 6) is 1.53. The van der Waals surface area contributed by atoms with Gasteiger partial charge in [-0.3, -0.25) is 9.69 Å². The van der Waals surface area contributed by atoms with Gasteiger partial charge in [0, 0.05) is 51.5 Å². The van der Waals surface area contributed by atoms with Gasteiger partial charge in [-0.05, 0) is 36.2 Å². The molecular formula is C29H38N6O6. The van der Waals surface area contributed by atoms with E-state index in [1.54, 1.807) is 20.1 Å². The van der Waals surface area contributed by atoms with Gasteiger partial charge in [-0.1, -0.05) is 26.0 Å². The van der Waals surface area contributed by atoms with Crippen molar-refractivity contribution in [1.82, 2.24) is 20.3 Å². The van der Waals surface area contributed by atoms with Gasteiger partial charge in [0.15, 0.2) is 18.4 Å². The Bertz CT molecular complexity index is 1320. The van der Waals surface area contributed by atoms with Gasteiger partial charge in [-0.15, -0.1) is 10.2 Å². The second-order valence-electron chi connectivity index (χ2n) is 10.4. The summed E-state index contributed by atoms with van der Waals surface area (Å²) in [5.41, 5.74) is 2.67. The molecule has 5 rings (SSSR count). The van der Waals surface area contributed by atoms with E-state index >= 15 is 0 Å². The third kappa shape index (κ3) is 6.54. The van der Waals surface area contributed by atoms with Crippen molar-refractivity contribution in [3.63, 3.8) is 0 Å². The molecule has 1 aromatic carbocycles. The van der Waals surface area contributed by atoms with Crippen molar-refractivity contribution in [2.75, 3.05) is 70.1 Å². The van der Waals surface area contributed by atoms with Crippen LogP contribution in [0.2, 0.25) is 0 Å². The molecule has 0 radical (unpaired) electrons. The number of esters is 1. The van der Waals surface area contributed by atoms with E-state index in [1.165, 1.54) is 0 Å². The highest BCUT2D eigenvalue weighted by Crippen LogP contribution is 2.36. The maximum absolute atomic E-state index is 12.4. The standard InChI is InChI=1S/C29H38N6O6/c1-5-38-29(36)27(19(2)3)25-15-26(33-41-25)39-13-12-34-10-11-35-20(17-34)16-30-28-23(35)14-22(31-32-28)21-8-6-7-9-24(21)40-18-37-4/h6-9,14-15,19-20,27H,5,10-13,16-18H2,1-4H3,(H,30,32)/t20-,27?/m0/s1. The van der Waals surface area contributed by atoms with Crippen LogP contribution in [0.15, 0.2) is 40.9 Å². The largest absolute Gasteiger partial charge is 0.474 e. The molecule has 0 amide bonds. The van der Waals surface area contributed by atoms with Crippen LogP contribution in [0.3, 0.4) is 0 Å². The number of piperazine rings is 1. The van der Waals surface area contributed by atoms with E-state index in [0.717, 1.165) is 55.5 Å². The van der Waals surface area contributed by atoms with Gasteiger partial charge >= 0.3 is 5.97 Å². The number of carbonyl (C=O) groups is 1. The first kappa shape index (κ1) is 28.6. The van der Waals surface area contributed by atoms with Crippen LogP contribution in [-0.2, 0) is 14.3 Å². The quantitative estimate of drug-likeness (QED) is 0.255. The first-order valence-corrected chi connectivity index (χ1v) is 14.1. The SMILES string of the molecule is CCOC(=O)C(c1cc(OCCN2CCN3c4cc(-c5ccccc5OCOC)nnc4NC[C@H]3C2)no1)C(C)C. The summed E-state index contributed by atoms with van der Waals surface area (Å²) >= 11 is 0. The van der Waals surface area contributed by atoms with E-state index in [0.29, 0.717) is 30.6 Å². The molecule has 12 heteroatoms. The van der Waals surface area contributed by atoms with Gasteiger partial charge in [0.25, 0.3) is 5.88 Å². The Kier molecular flexibility index (Phi) is 9.20. The molecule has 1 fully saturated rings. The van der Waals surface area contributed by atoms with E-state index in [4.69, 9.17) is 23.5 Å². The molecule has 1 N–H and O–H groups in total. The Labute approximate surface area is 239 Å². The Balaban J connectivity index is 1.18. The molecule has 0 bridgehead atoms. The first-order valence-electron chi connectivity index (χ1n) is 14.1. The summed E-state index contributed by atoms with van der Waals surface area (Å²) in [5, 5.41) is 16.4. The van der Waals surface area contributed by atoms with Gasteiger partial charge in [0.2, 0.25) is 0 Å². The summed E-state index contributed by atoms with van der Waals surface area (Å²) < 4.78 is 27.4. The zero-order valence-electron chi connectivity index (χ0n) is 24.0. The van der Waals surface area contributed by atoms with Crippen molar-refractivity contribution in [1.29, 1.82) is 0 Å². The molecule has 0 saturated carbocycles. The van der Waals surface area contributed by atoms with Crippen LogP contribution < -0.4 is 19.7 Å². The minimum Gasteiger partial charge on any atom is -0.474 e. The lowest BCUT2D eigenvalue weighted by molar-refractivity contribution is -0.146. The minimum absolute atomic E-state index is 0.0150. The van der Waals surface area contributed by atoms with Crippen LogP contribution in [0.4, 0.5) is 11.5 Å². The number of hydrogen-bond acceptors (Lipinski definition) is 12. The van der Waals surface area contributed by atoms with E-state index in [-0.39, 0.29) is 24.7 Å². The average molecular weight is 567 g/mol. The van der Waals surface area contributed by atoms with Gasteiger partial charge < -0.3 is 33.7 Å². The lowest BCUT2D eigenvalue weighted by Gasteiger charge is -2.45. The smallest absolute Gasteiger partial charge is 0.317 e. The molecule has 2 aliphatic heterocycles. The Morgan fingerprint density at radius 3 is 2.83 bits per heavy atom. The number of nitrogens with zero attached hydrogens (tertiary/aromatic N) is 5. The molecule has 41 heavy (non-hydrogen) atoms. The molecule has 0 spiro atoms. The molecule has 12 nitrogen and oxygen atoms in total. The summed E-state index contributed by atoms with van der Waals surface area (Å²) in [6.45, 7) is 10.8. The number of ether oxygens (including phenoxy) is 4. The van der Waals surface area contributed by atoms with Crippen LogP contribution in [0.25, 0.3) is 11.3 Å². The highest BCUT2D eigenvalue weighted by molar-refractivity contribution is 5.78.